The summed E-state index contributed by atoms with van der Waals surface area (Å²) in [6.07, 6.45) is 1.90. The predicted octanol–water partition coefficient (Wildman–Crippen LogP) is 2.25. The summed E-state index contributed by atoms with van der Waals surface area (Å²) < 4.78 is 66.4. The van der Waals surface area contributed by atoms with E-state index in [1.807, 2.05) is 37.4 Å². The Bertz CT molecular complexity index is 987. The summed E-state index contributed by atoms with van der Waals surface area (Å²) in [6, 6.07) is 14.3. The van der Waals surface area contributed by atoms with E-state index in [2.05, 4.69) is 28.5 Å². The number of aromatic amines is 1. The first kappa shape index (κ1) is 19.7. The number of benzene rings is 2. The van der Waals surface area contributed by atoms with Gasteiger partial charge in [-0.3, -0.25) is 0 Å². The number of H-pyrrole nitrogens is 1. The molecule has 2 aromatic carbocycles. The number of halogens is 3. The lowest BCUT2D eigenvalue weighted by atomic mass is 10.1. The van der Waals surface area contributed by atoms with Crippen molar-refractivity contribution in [2.75, 3.05) is 0 Å². The van der Waals surface area contributed by atoms with Crippen molar-refractivity contribution in [1.29, 1.82) is 0 Å². The van der Waals surface area contributed by atoms with Gasteiger partial charge in [-0.15, -0.1) is 4.68 Å². The van der Waals surface area contributed by atoms with Gasteiger partial charge < -0.3 is 9.29 Å². The Balaban J connectivity index is 0.000000260. The van der Waals surface area contributed by atoms with E-state index in [0.29, 0.717) is 6.73 Å². The number of nitrogens with one attached hydrogen (secondary N) is 1. The number of hydrogen-bond acceptors (Lipinski definition) is 5. The standard InChI is InChI=1S/C14H13N3O.CHF3O3S/c1-11-9-17(16-15-11)10-18-14-7-6-12-4-2-3-5-13(12)8-14;2-1(3,4)8(5,6)7/h2-9H,10H2,1H3;(H,5,6,7). The summed E-state index contributed by atoms with van der Waals surface area (Å²) in [6.45, 7) is 2.36. The minimum atomic E-state index is -6.09. The fourth-order valence-electron chi connectivity index (χ4n) is 1.89. The molecule has 0 radical (unpaired) electrons. The van der Waals surface area contributed by atoms with Gasteiger partial charge in [-0.05, 0) is 22.9 Å². The van der Waals surface area contributed by atoms with Crippen molar-refractivity contribution in [3.05, 3.63) is 54.4 Å². The SMILES string of the molecule is Cc1c[n+](COc2ccc3ccccc3c2)[nH]n1.O=S(=O)([O-])C(F)(F)F. The fourth-order valence-corrected chi connectivity index (χ4v) is 1.89. The third-order valence-corrected chi connectivity index (χ3v) is 3.64. The molecule has 11 heteroatoms. The predicted molar refractivity (Wildman–Crippen MR) is 83.8 cm³/mol. The maximum absolute atomic E-state index is 10.7. The lowest BCUT2D eigenvalue weighted by molar-refractivity contribution is -0.777. The van der Waals surface area contributed by atoms with E-state index >= 15 is 0 Å². The van der Waals surface area contributed by atoms with E-state index in [1.54, 1.807) is 4.68 Å². The molecule has 0 atom stereocenters. The van der Waals surface area contributed by atoms with Crippen molar-refractivity contribution in [2.45, 2.75) is 19.2 Å². The zero-order valence-corrected chi connectivity index (χ0v) is 14.2. The number of nitrogens with zero attached hydrogens (tertiary/aromatic N) is 2. The molecule has 0 aliphatic carbocycles. The molecule has 1 N–H and O–H groups in total. The van der Waals surface area contributed by atoms with Crippen molar-refractivity contribution in [3.63, 3.8) is 0 Å². The Morgan fingerprint density at radius 3 is 2.35 bits per heavy atom. The minimum absolute atomic E-state index is 0.430. The number of hydrogen-bond donors (Lipinski definition) is 1. The Morgan fingerprint density at radius 2 is 1.81 bits per heavy atom. The second-order valence-electron chi connectivity index (χ2n) is 5.13. The molecule has 0 fully saturated rings. The van der Waals surface area contributed by atoms with Crippen LogP contribution in [0, 0.1) is 6.92 Å². The van der Waals surface area contributed by atoms with Gasteiger partial charge in [0.2, 0.25) is 5.69 Å². The molecule has 3 rings (SSSR count). The number of rotatable bonds is 3. The van der Waals surface area contributed by atoms with Gasteiger partial charge in [0.25, 0.3) is 6.73 Å². The van der Waals surface area contributed by atoms with Crippen molar-refractivity contribution in [2.24, 2.45) is 0 Å². The zero-order valence-electron chi connectivity index (χ0n) is 13.4. The number of fused-ring (bicyclic) bond motifs is 1. The molecule has 0 aliphatic rings. The Morgan fingerprint density at radius 1 is 1.19 bits per heavy atom. The first-order chi connectivity index (χ1) is 12.1. The first-order valence-corrected chi connectivity index (χ1v) is 8.52. The quantitative estimate of drug-likeness (QED) is 0.421. The van der Waals surface area contributed by atoms with E-state index in [9.17, 15) is 13.2 Å². The van der Waals surface area contributed by atoms with Gasteiger partial charge in [0.05, 0.1) is 0 Å². The smallest absolute Gasteiger partial charge is 0.485 e. The highest BCUT2D eigenvalue weighted by Crippen LogP contribution is 2.21. The van der Waals surface area contributed by atoms with Crippen LogP contribution in [-0.2, 0) is 16.8 Å². The van der Waals surface area contributed by atoms with Crippen molar-refractivity contribution >= 4 is 20.9 Å². The summed E-state index contributed by atoms with van der Waals surface area (Å²) in [5.74, 6) is 0.855. The molecule has 7 nitrogen and oxygen atoms in total. The van der Waals surface area contributed by atoms with Crippen molar-refractivity contribution < 1.29 is 35.6 Å². The topological polar surface area (TPSA) is 99.0 Å². The summed E-state index contributed by atoms with van der Waals surface area (Å²) in [4.78, 5) is 0. The lowest BCUT2D eigenvalue weighted by Crippen LogP contribution is -2.38. The van der Waals surface area contributed by atoms with Gasteiger partial charge in [0, 0.05) is 12.0 Å². The number of aryl methyl sites for hydroxylation is 1. The summed E-state index contributed by atoms with van der Waals surface area (Å²) in [7, 11) is -6.09. The van der Waals surface area contributed by atoms with E-state index in [0.717, 1.165) is 11.4 Å². The largest absolute Gasteiger partial charge is 0.741 e. The van der Waals surface area contributed by atoms with Crippen LogP contribution in [0.3, 0.4) is 0 Å². The Hall–Kier alpha value is -2.66. The molecule has 26 heavy (non-hydrogen) atoms. The van der Waals surface area contributed by atoms with Crippen LogP contribution in [-0.4, -0.2) is 28.8 Å². The summed E-state index contributed by atoms with van der Waals surface area (Å²) in [5.41, 5.74) is -4.70. The highest BCUT2D eigenvalue weighted by Gasteiger charge is 2.36. The van der Waals surface area contributed by atoms with Crippen LogP contribution in [0.15, 0.2) is 48.7 Å². The molecule has 0 aliphatic heterocycles. The maximum atomic E-state index is 10.7. The molecule has 0 bridgehead atoms. The van der Waals surface area contributed by atoms with E-state index in [1.165, 1.54) is 10.8 Å². The van der Waals surface area contributed by atoms with Gasteiger partial charge in [0.1, 0.15) is 5.75 Å². The van der Waals surface area contributed by atoms with Gasteiger partial charge in [-0.1, -0.05) is 35.5 Å². The molecular weight excluding hydrogens is 375 g/mol. The maximum Gasteiger partial charge on any atom is 0.485 e. The van der Waals surface area contributed by atoms with Crippen LogP contribution in [0.5, 0.6) is 5.75 Å². The third-order valence-electron chi connectivity index (χ3n) is 3.07. The van der Waals surface area contributed by atoms with Gasteiger partial charge in [-0.25, -0.2) is 8.42 Å². The van der Waals surface area contributed by atoms with E-state index < -0.39 is 15.6 Å². The van der Waals surface area contributed by atoms with Crippen LogP contribution < -0.4 is 9.42 Å². The van der Waals surface area contributed by atoms with Crippen LogP contribution >= 0.6 is 0 Å². The molecule has 1 heterocycles. The Labute approximate surface area is 146 Å². The molecule has 0 unspecified atom stereocenters. The van der Waals surface area contributed by atoms with Crippen LogP contribution in [0.25, 0.3) is 10.8 Å². The number of alkyl halides is 3. The highest BCUT2D eigenvalue weighted by atomic mass is 32.2. The van der Waals surface area contributed by atoms with Crippen LogP contribution in [0.1, 0.15) is 5.69 Å². The van der Waals surface area contributed by atoms with Crippen molar-refractivity contribution in [1.82, 2.24) is 10.3 Å². The van der Waals surface area contributed by atoms with Gasteiger partial charge in [-0.2, -0.15) is 13.2 Å². The number of aromatic nitrogens is 3. The summed E-state index contributed by atoms with van der Waals surface area (Å²) in [5, 5.41) is 9.29. The van der Waals surface area contributed by atoms with Crippen molar-refractivity contribution in [3.8, 4) is 5.75 Å². The third kappa shape index (κ3) is 5.43. The average Bonchev–Trinajstić information content (AvgIpc) is 2.97. The molecule has 0 amide bonds. The second kappa shape index (κ2) is 7.70. The number of ether oxygens (including phenoxy) is 1. The molecule has 3 aromatic rings. The minimum Gasteiger partial charge on any atom is -0.741 e. The Kier molecular flexibility index (Phi) is 5.83. The van der Waals surface area contributed by atoms with E-state index in [4.69, 9.17) is 17.7 Å². The van der Waals surface area contributed by atoms with Gasteiger partial charge in [0.15, 0.2) is 16.3 Å². The lowest BCUT2D eigenvalue weighted by Gasteiger charge is -2.08. The molecule has 140 valence electrons. The molecule has 0 spiro atoms. The normalized spacial score (nSPS) is 11.7. The molecule has 0 saturated heterocycles. The molecular formula is C15H14F3N3O4S. The van der Waals surface area contributed by atoms with Crippen LogP contribution in [0.2, 0.25) is 0 Å². The fraction of sp³-hybridized carbons (Fsp3) is 0.200. The monoisotopic (exact) mass is 389 g/mol. The second-order valence-corrected chi connectivity index (χ2v) is 6.51. The average molecular weight is 389 g/mol. The highest BCUT2D eigenvalue weighted by molar-refractivity contribution is 7.86. The molecule has 0 saturated carbocycles. The van der Waals surface area contributed by atoms with Crippen LogP contribution in [0.4, 0.5) is 13.2 Å². The summed E-state index contributed by atoms with van der Waals surface area (Å²) >= 11 is 0. The van der Waals surface area contributed by atoms with Gasteiger partial charge >= 0.3 is 5.51 Å². The molecule has 1 aromatic heterocycles. The first-order valence-electron chi connectivity index (χ1n) is 7.11. The zero-order chi connectivity index (χ0) is 19.4. The van der Waals surface area contributed by atoms with E-state index in [-0.39, 0.29) is 0 Å².